The first-order valence-electron chi connectivity index (χ1n) is 7.22. The average Bonchev–Trinajstić information content (AvgIpc) is 2.99. The minimum Gasteiger partial charge on any atom is -0.481 e. The zero-order chi connectivity index (χ0) is 15.2. The van der Waals surface area contributed by atoms with E-state index >= 15 is 0 Å². The van der Waals surface area contributed by atoms with Crippen molar-refractivity contribution in [3.05, 3.63) is 12.2 Å². The van der Waals surface area contributed by atoms with Crippen LogP contribution in [0.4, 0.5) is 4.79 Å². The van der Waals surface area contributed by atoms with Gasteiger partial charge in [-0.05, 0) is 32.6 Å². The van der Waals surface area contributed by atoms with Gasteiger partial charge >= 0.3 is 12.0 Å². The molecule has 8 nitrogen and oxygen atoms in total. The zero-order valence-electron chi connectivity index (χ0n) is 12.1. The third-order valence-electron chi connectivity index (χ3n) is 3.76. The predicted octanol–water partition coefficient (Wildman–Crippen LogP) is 1.29. The Morgan fingerprint density at radius 1 is 1.57 bits per heavy atom. The Morgan fingerprint density at radius 2 is 2.38 bits per heavy atom. The summed E-state index contributed by atoms with van der Waals surface area (Å²) < 4.78 is 0. The second-order valence-corrected chi connectivity index (χ2v) is 5.32. The van der Waals surface area contributed by atoms with Crippen molar-refractivity contribution in [3.8, 4) is 0 Å². The molecule has 2 atom stereocenters. The van der Waals surface area contributed by atoms with Gasteiger partial charge in [0.15, 0.2) is 0 Å². The fourth-order valence-electron chi connectivity index (χ4n) is 2.62. The Kier molecular flexibility index (Phi) is 5.13. The number of carbonyl (C=O) groups is 2. The molecule has 1 aromatic heterocycles. The van der Waals surface area contributed by atoms with E-state index in [0.717, 1.165) is 19.3 Å². The Hall–Kier alpha value is -2.12. The Morgan fingerprint density at radius 3 is 3.05 bits per heavy atom. The molecule has 0 aromatic carbocycles. The molecule has 21 heavy (non-hydrogen) atoms. The summed E-state index contributed by atoms with van der Waals surface area (Å²) in [5.41, 5.74) is 0. The van der Waals surface area contributed by atoms with Crippen LogP contribution < -0.4 is 5.32 Å². The third-order valence-corrected chi connectivity index (χ3v) is 3.76. The summed E-state index contributed by atoms with van der Waals surface area (Å²) in [6, 6.07) is -0.437. The van der Waals surface area contributed by atoms with Crippen molar-refractivity contribution in [2.45, 2.75) is 51.1 Å². The van der Waals surface area contributed by atoms with Gasteiger partial charge in [-0.3, -0.25) is 9.89 Å². The topological polar surface area (TPSA) is 111 Å². The molecule has 1 saturated heterocycles. The second kappa shape index (κ2) is 7.05. The third kappa shape index (κ3) is 4.17. The van der Waals surface area contributed by atoms with Crippen LogP contribution in [-0.2, 0) is 4.79 Å². The molecule has 0 bridgehead atoms. The van der Waals surface area contributed by atoms with Gasteiger partial charge in [0.25, 0.3) is 0 Å². The summed E-state index contributed by atoms with van der Waals surface area (Å²) in [6.45, 7) is 2.49. The highest BCUT2D eigenvalue weighted by molar-refractivity contribution is 5.75. The van der Waals surface area contributed by atoms with Gasteiger partial charge < -0.3 is 15.3 Å². The van der Waals surface area contributed by atoms with Crippen LogP contribution in [0.5, 0.6) is 0 Å². The van der Waals surface area contributed by atoms with E-state index in [2.05, 4.69) is 20.5 Å². The van der Waals surface area contributed by atoms with Crippen molar-refractivity contribution in [3.63, 3.8) is 0 Å². The van der Waals surface area contributed by atoms with Gasteiger partial charge in [0.05, 0.1) is 6.04 Å². The largest absolute Gasteiger partial charge is 0.481 e. The fourth-order valence-corrected chi connectivity index (χ4v) is 2.62. The standard InChI is InChI=1S/C13H21N5O3/c1-9(12-14-8-15-17-12)16-13(21)18-7-3-2-4-10(18)5-6-11(19)20/h8-10H,2-7H2,1H3,(H,16,21)(H,19,20)(H,14,15,17). The van der Waals surface area contributed by atoms with Gasteiger partial charge in [0.2, 0.25) is 0 Å². The van der Waals surface area contributed by atoms with Crippen LogP contribution in [0.1, 0.15) is 50.9 Å². The van der Waals surface area contributed by atoms with Crippen LogP contribution in [0.15, 0.2) is 6.33 Å². The number of rotatable bonds is 5. The van der Waals surface area contributed by atoms with E-state index in [1.807, 2.05) is 6.92 Å². The van der Waals surface area contributed by atoms with Crippen molar-refractivity contribution < 1.29 is 14.7 Å². The molecule has 0 radical (unpaired) electrons. The molecule has 8 heteroatoms. The molecular weight excluding hydrogens is 274 g/mol. The van der Waals surface area contributed by atoms with Crippen LogP contribution in [-0.4, -0.2) is 49.8 Å². The van der Waals surface area contributed by atoms with Crippen LogP contribution in [0.2, 0.25) is 0 Å². The predicted molar refractivity (Wildman–Crippen MR) is 74.5 cm³/mol. The lowest BCUT2D eigenvalue weighted by Gasteiger charge is -2.36. The van der Waals surface area contributed by atoms with Crippen molar-refractivity contribution in [2.24, 2.45) is 0 Å². The highest BCUT2D eigenvalue weighted by Gasteiger charge is 2.28. The van der Waals surface area contributed by atoms with Crippen molar-refractivity contribution in [1.82, 2.24) is 25.4 Å². The summed E-state index contributed by atoms with van der Waals surface area (Å²) in [5.74, 6) is -0.224. The zero-order valence-corrected chi connectivity index (χ0v) is 12.1. The summed E-state index contributed by atoms with van der Waals surface area (Å²) in [6.07, 6.45) is 4.83. The van der Waals surface area contributed by atoms with Gasteiger partial charge in [0.1, 0.15) is 12.2 Å². The number of piperidine rings is 1. The number of carbonyl (C=O) groups excluding carboxylic acids is 1. The number of hydrogen-bond acceptors (Lipinski definition) is 4. The van der Waals surface area contributed by atoms with E-state index in [0.29, 0.717) is 18.8 Å². The molecule has 1 aliphatic rings. The van der Waals surface area contributed by atoms with Gasteiger partial charge in [-0.2, -0.15) is 5.10 Å². The molecule has 3 N–H and O–H groups in total. The van der Waals surface area contributed by atoms with Crippen LogP contribution in [0, 0.1) is 0 Å². The molecular formula is C13H21N5O3. The first-order chi connectivity index (χ1) is 10.1. The first-order valence-corrected chi connectivity index (χ1v) is 7.22. The summed E-state index contributed by atoms with van der Waals surface area (Å²) in [4.78, 5) is 28.8. The lowest BCUT2D eigenvalue weighted by molar-refractivity contribution is -0.137. The van der Waals surface area contributed by atoms with Gasteiger partial charge in [-0.1, -0.05) is 0 Å². The number of nitrogens with one attached hydrogen (secondary N) is 2. The number of aliphatic carboxylic acids is 1. The average molecular weight is 295 g/mol. The van der Waals surface area contributed by atoms with E-state index in [1.54, 1.807) is 4.90 Å². The molecule has 2 amide bonds. The number of aromatic nitrogens is 3. The second-order valence-electron chi connectivity index (χ2n) is 5.32. The highest BCUT2D eigenvalue weighted by Crippen LogP contribution is 2.21. The molecule has 1 aliphatic heterocycles. The van der Waals surface area contributed by atoms with Gasteiger partial charge in [0, 0.05) is 19.0 Å². The molecule has 116 valence electrons. The first kappa shape index (κ1) is 15.3. The number of nitrogens with zero attached hydrogens (tertiary/aromatic N) is 3. The van der Waals surface area contributed by atoms with Gasteiger partial charge in [-0.15, -0.1) is 0 Å². The molecule has 0 spiro atoms. The molecule has 1 aromatic rings. The van der Waals surface area contributed by atoms with Crippen molar-refractivity contribution in [1.29, 1.82) is 0 Å². The molecule has 2 rings (SSSR count). The Labute approximate surface area is 122 Å². The Balaban J connectivity index is 1.93. The number of likely N-dealkylation sites (tertiary alicyclic amines) is 1. The molecule has 0 aliphatic carbocycles. The van der Waals surface area contributed by atoms with E-state index in [1.165, 1.54) is 6.33 Å². The monoisotopic (exact) mass is 295 g/mol. The van der Waals surface area contributed by atoms with Crippen LogP contribution >= 0.6 is 0 Å². The smallest absolute Gasteiger partial charge is 0.318 e. The molecule has 0 saturated carbocycles. The number of amides is 2. The summed E-state index contributed by atoms with van der Waals surface area (Å²) in [5, 5.41) is 18.2. The number of H-pyrrole nitrogens is 1. The van der Waals surface area contributed by atoms with Crippen molar-refractivity contribution in [2.75, 3.05) is 6.54 Å². The summed E-state index contributed by atoms with van der Waals surface area (Å²) in [7, 11) is 0. The van der Waals surface area contributed by atoms with E-state index < -0.39 is 5.97 Å². The van der Waals surface area contributed by atoms with E-state index in [4.69, 9.17) is 5.11 Å². The minimum absolute atomic E-state index is 0.00299. The van der Waals surface area contributed by atoms with E-state index in [-0.39, 0.29) is 24.5 Å². The maximum atomic E-state index is 12.4. The molecule has 2 heterocycles. The SMILES string of the molecule is CC(NC(=O)N1CCCCC1CCC(=O)O)c1ncn[nH]1. The normalized spacial score (nSPS) is 20.0. The number of hydrogen-bond donors (Lipinski definition) is 3. The van der Waals surface area contributed by atoms with Gasteiger partial charge in [-0.25, -0.2) is 9.78 Å². The molecule has 1 fully saturated rings. The highest BCUT2D eigenvalue weighted by atomic mass is 16.4. The number of carboxylic acids is 1. The summed E-state index contributed by atoms with van der Waals surface area (Å²) >= 11 is 0. The minimum atomic E-state index is -0.823. The quantitative estimate of drug-likeness (QED) is 0.758. The Bertz CT molecular complexity index is 476. The van der Waals surface area contributed by atoms with Crippen LogP contribution in [0.25, 0.3) is 0 Å². The van der Waals surface area contributed by atoms with Crippen LogP contribution in [0.3, 0.4) is 0 Å². The number of urea groups is 1. The maximum Gasteiger partial charge on any atom is 0.318 e. The maximum absolute atomic E-state index is 12.4. The lowest BCUT2D eigenvalue weighted by atomic mass is 9.98. The number of carboxylic acid groups (broad SMARTS) is 1. The lowest BCUT2D eigenvalue weighted by Crippen LogP contribution is -2.49. The van der Waals surface area contributed by atoms with E-state index in [9.17, 15) is 9.59 Å². The number of aromatic amines is 1. The van der Waals surface area contributed by atoms with Crippen molar-refractivity contribution >= 4 is 12.0 Å². The molecule has 2 unspecified atom stereocenters. The fraction of sp³-hybridized carbons (Fsp3) is 0.692.